The molecule has 0 aliphatic heterocycles. The highest BCUT2D eigenvalue weighted by molar-refractivity contribution is 7.80. The molecule has 180 valence electrons. The van der Waals surface area contributed by atoms with E-state index in [0.29, 0.717) is 40.1 Å². The number of aromatic nitrogens is 5. The molecule has 4 rings (SSSR count). The zero-order valence-corrected chi connectivity index (χ0v) is 20.5. The van der Waals surface area contributed by atoms with Crippen LogP contribution in [0.2, 0.25) is 0 Å². The third kappa shape index (κ3) is 6.55. The quantitative estimate of drug-likeness (QED) is 0.217. The molecule has 0 aliphatic carbocycles. The van der Waals surface area contributed by atoms with Crippen molar-refractivity contribution in [1.29, 1.82) is 0 Å². The van der Waals surface area contributed by atoms with E-state index in [0.717, 1.165) is 17.7 Å². The number of rotatable bonds is 8. The maximum atomic E-state index is 11.8. The number of ether oxygens (including phenoxy) is 1. The standard InChI is InChI=1S/C24H26N8O2S/c1-4-25-24(35)30-21-10-9-19-23(29-21)28-20(12-26-19)17-11-27-32(14-17)13-16-5-7-18(8-6-16)34-22(33)15-31(2)3/h5-12,14H,4,13,15H2,1-3H3,(H2,25,28,29,30,35). The molecule has 11 heteroatoms. The van der Waals surface area contributed by atoms with E-state index in [1.165, 1.54) is 0 Å². The Morgan fingerprint density at radius 3 is 2.66 bits per heavy atom. The second-order valence-electron chi connectivity index (χ2n) is 8.06. The van der Waals surface area contributed by atoms with Crippen LogP contribution in [0.3, 0.4) is 0 Å². The van der Waals surface area contributed by atoms with Gasteiger partial charge >= 0.3 is 5.97 Å². The highest BCUT2D eigenvalue weighted by atomic mass is 32.1. The minimum Gasteiger partial charge on any atom is -0.426 e. The maximum absolute atomic E-state index is 11.8. The molecule has 0 aliphatic rings. The predicted octanol–water partition coefficient (Wildman–Crippen LogP) is 2.71. The first-order chi connectivity index (χ1) is 16.9. The Hall–Kier alpha value is -3.96. The largest absolute Gasteiger partial charge is 0.426 e. The van der Waals surface area contributed by atoms with Crippen LogP contribution < -0.4 is 15.4 Å². The first kappa shape index (κ1) is 24.2. The number of pyridine rings is 1. The molecule has 0 unspecified atom stereocenters. The second kappa shape index (κ2) is 11.0. The number of esters is 1. The highest BCUT2D eigenvalue weighted by Gasteiger charge is 2.09. The molecule has 2 N–H and O–H groups in total. The molecule has 0 radical (unpaired) electrons. The lowest BCUT2D eigenvalue weighted by Crippen LogP contribution is -2.28. The fourth-order valence-electron chi connectivity index (χ4n) is 3.28. The minimum atomic E-state index is -0.298. The molecule has 3 heterocycles. The Morgan fingerprint density at radius 1 is 1.11 bits per heavy atom. The van der Waals surface area contributed by atoms with Crippen molar-refractivity contribution < 1.29 is 9.53 Å². The Balaban J connectivity index is 1.44. The van der Waals surface area contributed by atoms with E-state index >= 15 is 0 Å². The summed E-state index contributed by atoms with van der Waals surface area (Å²) in [6.45, 7) is 3.48. The van der Waals surface area contributed by atoms with E-state index in [9.17, 15) is 4.79 Å². The number of carbonyl (C=O) groups is 1. The SMILES string of the molecule is CCNC(=S)Nc1ccc2ncc(-c3cnn(Cc4ccc(OC(=O)CN(C)C)cc4)c3)nc2n1. The van der Waals surface area contributed by atoms with Crippen molar-refractivity contribution in [2.75, 3.05) is 32.5 Å². The number of nitrogens with zero attached hydrogens (tertiary/aromatic N) is 6. The molecule has 1 aromatic carbocycles. The van der Waals surface area contributed by atoms with Gasteiger partial charge in [0.25, 0.3) is 0 Å². The number of nitrogens with one attached hydrogen (secondary N) is 2. The molecule has 0 saturated carbocycles. The van der Waals surface area contributed by atoms with Crippen molar-refractivity contribution in [2.45, 2.75) is 13.5 Å². The van der Waals surface area contributed by atoms with Crippen LogP contribution in [0.25, 0.3) is 22.4 Å². The van der Waals surface area contributed by atoms with Gasteiger partial charge in [0.05, 0.1) is 31.2 Å². The predicted molar refractivity (Wildman–Crippen MR) is 138 cm³/mol. The summed E-state index contributed by atoms with van der Waals surface area (Å²) >= 11 is 5.22. The zero-order chi connectivity index (χ0) is 24.8. The summed E-state index contributed by atoms with van der Waals surface area (Å²) in [5.74, 6) is 0.816. The topological polar surface area (TPSA) is 110 Å². The van der Waals surface area contributed by atoms with Gasteiger partial charge < -0.3 is 15.4 Å². The lowest BCUT2D eigenvalue weighted by atomic mass is 10.2. The smallest absolute Gasteiger partial charge is 0.325 e. The van der Waals surface area contributed by atoms with Crippen LogP contribution >= 0.6 is 12.2 Å². The van der Waals surface area contributed by atoms with Crippen LogP contribution in [0.4, 0.5) is 5.82 Å². The van der Waals surface area contributed by atoms with Gasteiger partial charge in [0.2, 0.25) is 0 Å². The van der Waals surface area contributed by atoms with E-state index in [2.05, 4.69) is 30.7 Å². The molecular formula is C24H26N8O2S. The third-order valence-corrected chi connectivity index (χ3v) is 5.11. The van der Waals surface area contributed by atoms with Gasteiger partial charge in [-0.3, -0.25) is 19.4 Å². The van der Waals surface area contributed by atoms with Gasteiger partial charge in [-0.25, -0.2) is 9.97 Å². The van der Waals surface area contributed by atoms with Crippen LogP contribution in [0.5, 0.6) is 5.75 Å². The number of benzene rings is 1. The Labute approximate surface area is 208 Å². The number of likely N-dealkylation sites (N-methyl/N-ethyl adjacent to an activating group) is 1. The summed E-state index contributed by atoms with van der Waals surface area (Å²) in [6.07, 6.45) is 5.36. The van der Waals surface area contributed by atoms with Gasteiger partial charge in [-0.2, -0.15) is 5.10 Å². The number of carbonyl (C=O) groups excluding carboxylic acids is 1. The highest BCUT2D eigenvalue weighted by Crippen LogP contribution is 2.20. The molecule has 0 amide bonds. The average Bonchev–Trinajstić information content (AvgIpc) is 3.28. The molecule has 35 heavy (non-hydrogen) atoms. The molecule has 0 spiro atoms. The number of fused-ring (bicyclic) bond motifs is 1. The zero-order valence-electron chi connectivity index (χ0n) is 19.7. The summed E-state index contributed by atoms with van der Waals surface area (Å²) < 4.78 is 7.14. The van der Waals surface area contributed by atoms with Crippen LogP contribution in [-0.4, -0.2) is 67.9 Å². The molecule has 3 aromatic heterocycles. The van der Waals surface area contributed by atoms with E-state index in [-0.39, 0.29) is 12.5 Å². The van der Waals surface area contributed by atoms with Crippen molar-refractivity contribution in [2.24, 2.45) is 0 Å². The number of hydrogen-bond acceptors (Lipinski definition) is 8. The van der Waals surface area contributed by atoms with E-state index < -0.39 is 0 Å². The Morgan fingerprint density at radius 2 is 1.91 bits per heavy atom. The molecule has 0 saturated heterocycles. The summed E-state index contributed by atoms with van der Waals surface area (Å²) in [5, 5.41) is 11.0. The summed E-state index contributed by atoms with van der Waals surface area (Å²) in [6, 6.07) is 11.0. The molecule has 0 atom stereocenters. The van der Waals surface area contributed by atoms with Crippen LogP contribution in [0, 0.1) is 0 Å². The van der Waals surface area contributed by atoms with Crippen molar-refractivity contribution in [1.82, 2.24) is 34.9 Å². The lowest BCUT2D eigenvalue weighted by Gasteiger charge is -2.09. The summed E-state index contributed by atoms with van der Waals surface area (Å²) in [5.41, 5.74) is 3.72. The molecule has 0 bridgehead atoms. The van der Waals surface area contributed by atoms with Crippen LogP contribution in [0.1, 0.15) is 12.5 Å². The number of anilines is 1. The molecule has 10 nitrogen and oxygen atoms in total. The van der Waals surface area contributed by atoms with Gasteiger partial charge in [-0.05, 0) is 63.1 Å². The molecule has 0 fully saturated rings. The van der Waals surface area contributed by atoms with E-state index in [1.807, 2.05) is 56.2 Å². The van der Waals surface area contributed by atoms with Crippen LogP contribution in [0.15, 0.2) is 55.0 Å². The van der Waals surface area contributed by atoms with Gasteiger partial charge in [-0.15, -0.1) is 0 Å². The van der Waals surface area contributed by atoms with Crippen LogP contribution in [-0.2, 0) is 11.3 Å². The van der Waals surface area contributed by atoms with Crippen molar-refractivity contribution in [3.8, 4) is 17.0 Å². The fraction of sp³-hybridized carbons (Fsp3) is 0.250. The summed E-state index contributed by atoms with van der Waals surface area (Å²) in [7, 11) is 3.64. The molecule has 4 aromatic rings. The Kier molecular flexibility index (Phi) is 7.58. The van der Waals surface area contributed by atoms with Crippen molar-refractivity contribution in [3.05, 3.63) is 60.6 Å². The first-order valence-corrected chi connectivity index (χ1v) is 11.5. The van der Waals surface area contributed by atoms with E-state index in [4.69, 9.17) is 17.0 Å². The van der Waals surface area contributed by atoms with Gasteiger partial charge in [0, 0.05) is 18.3 Å². The summed E-state index contributed by atoms with van der Waals surface area (Å²) in [4.78, 5) is 27.2. The third-order valence-electron chi connectivity index (χ3n) is 4.86. The maximum Gasteiger partial charge on any atom is 0.325 e. The number of thiocarbonyl (C=S) groups is 1. The molecular weight excluding hydrogens is 464 g/mol. The van der Waals surface area contributed by atoms with Crippen molar-refractivity contribution >= 4 is 40.3 Å². The average molecular weight is 491 g/mol. The lowest BCUT2D eigenvalue weighted by molar-refractivity contribution is -0.135. The fourth-order valence-corrected chi connectivity index (χ4v) is 3.53. The Bertz CT molecular complexity index is 1340. The number of hydrogen-bond donors (Lipinski definition) is 2. The van der Waals surface area contributed by atoms with Gasteiger partial charge in [-0.1, -0.05) is 12.1 Å². The normalized spacial score (nSPS) is 11.0. The monoisotopic (exact) mass is 490 g/mol. The van der Waals surface area contributed by atoms with Gasteiger partial charge in [0.1, 0.15) is 17.1 Å². The first-order valence-electron chi connectivity index (χ1n) is 11.1. The van der Waals surface area contributed by atoms with Gasteiger partial charge in [0.15, 0.2) is 10.8 Å². The van der Waals surface area contributed by atoms with E-state index in [1.54, 1.807) is 29.4 Å². The minimum absolute atomic E-state index is 0.228. The second-order valence-corrected chi connectivity index (χ2v) is 8.47. The van der Waals surface area contributed by atoms with Crippen molar-refractivity contribution in [3.63, 3.8) is 0 Å².